The van der Waals surface area contributed by atoms with Gasteiger partial charge in [-0.05, 0) is 20.8 Å². The topological polar surface area (TPSA) is 6.48 Å². The van der Waals surface area contributed by atoms with E-state index in [0.29, 0.717) is 0 Å². The lowest BCUT2D eigenvalue weighted by atomic mass is 10.2. The predicted molar refractivity (Wildman–Crippen MR) is 61.9 cm³/mol. The van der Waals surface area contributed by atoms with Crippen molar-refractivity contribution in [2.45, 2.75) is 26.9 Å². The number of anilines is 2. The molecule has 1 aliphatic heterocycles. The molecular formula is C12H16F2N2. The van der Waals surface area contributed by atoms with Crippen LogP contribution in [0.5, 0.6) is 0 Å². The van der Waals surface area contributed by atoms with Crippen LogP contribution in [0.3, 0.4) is 0 Å². The first kappa shape index (κ1) is 11.2. The normalized spacial score (nSPS) is 15.8. The fourth-order valence-corrected chi connectivity index (χ4v) is 2.43. The molecule has 1 aliphatic rings. The number of nitrogens with zero attached hydrogens (tertiary/aromatic N) is 2. The molecule has 0 unspecified atom stereocenters. The fraction of sp³-hybridized carbons (Fsp3) is 0.500. The summed E-state index contributed by atoms with van der Waals surface area (Å²) >= 11 is 0. The Bertz CT molecular complexity index is 369. The molecule has 0 saturated heterocycles. The molecule has 0 atom stereocenters. The summed E-state index contributed by atoms with van der Waals surface area (Å²) in [5.74, 6) is -1.55. The Labute approximate surface area is 94.5 Å². The second-order valence-electron chi connectivity index (χ2n) is 3.96. The summed E-state index contributed by atoms with van der Waals surface area (Å²) in [4.78, 5) is 4.14. The first-order chi connectivity index (χ1) is 7.60. The van der Waals surface area contributed by atoms with E-state index in [2.05, 4.69) is 9.80 Å². The Morgan fingerprint density at radius 1 is 1.00 bits per heavy atom. The number of fused-ring (bicyclic) bond motifs is 1. The number of halogens is 2. The van der Waals surface area contributed by atoms with Crippen LogP contribution in [0.1, 0.15) is 20.8 Å². The quantitative estimate of drug-likeness (QED) is 0.765. The zero-order valence-electron chi connectivity index (χ0n) is 9.80. The van der Waals surface area contributed by atoms with Crippen LogP contribution in [0.15, 0.2) is 12.1 Å². The maximum atomic E-state index is 13.2. The smallest absolute Gasteiger partial charge is 0.161 e. The highest BCUT2D eigenvalue weighted by Crippen LogP contribution is 2.40. The van der Waals surface area contributed by atoms with Gasteiger partial charge in [-0.1, -0.05) is 0 Å². The van der Waals surface area contributed by atoms with Crippen LogP contribution in [-0.2, 0) is 0 Å². The van der Waals surface area contributed by atoms with Gasteiger partial charge in [-0.3, -0.25) is 0 Å². The Kier molecular flexibility index (Phi) is 2.74. The number of benzene rings is 1. The average molecular weight is 226 g/mol. The fourth-order valence-electron chi connectivity index (χ4n) is 2.43. The van der Waals surface area contributed by atoms with Crippen molar-refractivity contribution in [2.75, 3.05) is 22.9 Å². The maximum Gasteiger partial charge on any atom is 0.161 e. The zero-order valence-corrected chi connectivity index (χ0v) is 9.80. The molecule has 0 aromatic heterocycles. The Morgan fingerprint density at radius 2 is 1.38 bits per heavy atom. The Morgan fingerprint density at radius 3 is 1.69 bits per heavy atom. The number of hydrogen-bond acceptors (Lipinski definition) is 2. The summed E-state index contributed by atoms with van der Waals surface area (Å²) in [6.07, 6.45) is 0.159. The van der Waals surface area contributed by atoms with Gasteiger partial charge in [0, 0.05) is 25.2 Å². The highest BCUT2D eigenvalue weighted by atomic mass is 19.2. The minimum atomic E-state index is -0.776. The van der Waals surface area contributed by atoms with Gasteiger partial charge in [0.25, 0.3) is 0 Å². The van der Waals surface area contributed by atoms with E-state index in [1.54, 1.807) is 0 Å². The number of rotatable bonds is 2. The van der Waals surface area contributed by atoms with Gasteiger partial charge in [0.1, 0.15) is 0 Å². The van der Waals surface area contributed by atoms with Crippen molar-refractivity contribution in [2.24, 2.45) is 0 Å². The largest absolute Gasteiger partial charge is 0.350 e. The van der Waals surface area contributed by atoms with Crippen molar-refractivity contribution in [3.63, 3.8) is 0 Å². The molecule has 0 fully saturated rings. The minimum absolute atomic E-state index is 0.159. The minimum Gasteiger partial charge on any atom is -0.350 e. The van der Waals surface area contributed by atoms with Gasteiger partial charge in [0.05, 0.1) is 17.5 Å². The number of hydrogen-bond donors (Lipinski definition) is 0. The van der Waals surface area contributed by atoms with E-state index in [9.17, 15) is 8.78 Å². The first-order valence-corrected chi connectivity index (χ1v) is 5.62. The van der Waals surface area contributed by atoms with Crippen molar-refractivity contribution >= 4 is 11.4 Å². The molecule has 0 aliphatic carbocycles. The van der Waals surface area contributed by atoms with Crippen LogP contribution in [0.2, 0.25) is 0 Å². The van der Waals surface area contributed by atoms with Crippen molar-refractivity contribution in [1.82, 2.24) is 0 Å². The predicted octanol–water partition coefficient (Wildman–Crippen LogP) is 2.98. The van der Waals surface area contributed by atoms with Crippen molar-refractivity contribution < 1.29 is 8.78 Å². The van der Waals surface area contributed by atoms with Gasteiger partial charge < -0.3 is 9.80 Å². The van der Waals surface area contributed by atoms with E-state index in [4.69, 9.17) is 0 Å². The molecule has 88 valence electrons. The summed E-state index contributed by atoms with van der Waals surface area (Å²) in [7, 11) is 0. The molecule has 1 heterocycles. The second-order valence-corrected chi connectivity index (χ2v) is 3.96. The van der Waals surface area contributed by atoms with E-state index in [1.165, 1.54) is 12.1 Å². The third-order valence-corrected chi connectivity index (χ3v) is 3.22. The van der Waals surface area contributed by atoms with Crippen LogP contribution < -0.4 is 9.80 Å². The van der Waals surface area contributed by atoms with Crippen molar-refractivity contribution in [3.05, 3.63) is 23.8 Å². The molecule has 0 radical (unpaired) electrons. The molecule has 0 bridgehead atoms. The van der Waals surface area contributed by atoms with Crippen LogP contribution in [-0.4, -0.2) is 19.3 Å². The summed E-state index contributed by atoms with van der Waals surface area (Å²) in [5.41, 5.74) is 1.58. The highest BCUT2D eigenvalue weighted by Gasteiger charge is 2.32. The molecule has 0 amide bonds. The molecule has 1 aromatic carbocycles. The van der Waals surface area contributed by atoms with Gasteiger partial charge in [-0.15, -0.1) is 0 Å². The van der Waals surface area contributed by atoms with Crippen LogP contribution in [0.4, 0.5) is 20.2 Å². The molecule has 1 aromatic rings. The second kappa shape index (κ2) is 3.92. The molecule has 2 rings (SSSR count). The van der Waals surface area contributed by atoms with E-state index >= 15 is 0 Å². The third-order valence-electron chi connectivity index (χ3n) is 3.22. The van der Waals surface area contributed by atoms with Gasteiger partial charge in [-0.25, -0.2) is 8.78 Å². The summed E-state index contributed by atoms with van der Waals surface area (Å²) in [6.45, 7) is 7.65. The summed E-state index contributed by atoms with van der Waals surface area (Å²) in [6, 6.07) is 2.58. The standard InChI is InChI=1S/C12H16F2N2/c1-4-15-8(3)16(5-2)12-7-10(14)9(13)6-11(12)15/h6-8H,4-5H2,1-3H3. The van der Waals surface area contributed by atoms with Gasteiger partial charge >= 0.3 is 0 Å². The van der Waals surface area contributed by atoms with Crippen LogP contribution >= 0.6 is 0 Å². The molecule has 0 spiro atoms. The SMILES string of the molecule is CCN1c2cc(F)c(F)cc2N(CC)C1C. The van der Waals surface area contributed by atoms with Crippen molar-refractivity contribution in [3.8, 4) is 0 Å². The van der Waals surface area contributed by atoms with E-state index in [0.717, 1.165) is 24.5 Å². The maximum absolute atomic E-state index is 13.2. The van der Waals surface area contributed by atoms with Crippen molar-refractivity contribution in [1.29, 1.82) is 0 Å². The van der Waals surface area contributed by atoms with Crippen LogP contribution in [0, 0.1) is 11.6 Å². The summed E-state index contributed by atoms with van der Waals surface area (Å²) in [5, 5.41) is 0. The molecule has 16 heavy (non-hydrogen) atoms. The van der Waals surface area contributed by atoms with Gasteiger partial charge in [-0.2, -0.15) is 0 Å². The Hall–Kier alpha value is -1.32. The molecule has 0 saturated carbocycles. The third kappa shape index (κ3) is 1.44. The van der Waals surface area contributed by atoms with Crippen LogP contribution in [0.25, 0.3) is 0 Å². The van der Waals surface area contributed by atoms with E-state index in [-0.39, 0.29) is 6.17 Å². The molecular weight excluding hydrogens is 210 g/mol. The molecule has 0 N–H and O–H groups in total. The van der Waals surface area contributed by atoms with Gasteiger partial charge in [0.2, 0.25) is 0 Å². The average Bonchev–Trinajstić information content (AvgIpc) is 2.50. The molecule has 4 heteroatoms. The lowest BCUT2D eigenvalue weighted by molar-refractivity contribution is 0.509. The van der Waals surface area contributed by atoms with E-state index in [1.807, 2.05) is 20.8 Å². The summed E-state index contributed by atoms with van der Waals surface area (Å²) < 4.78 is 26.4. The highest BCUT2D eigenvalue weighted by molar-refractivity contribution is 5.77. The Balaban J connectivity index is 2.54. The van der Waals surface area contributed by atoms with E-state index < -0.39 is 11.6 Å². The monoisotopic (exact) mass is 226 g/mol. The zero-order chi connectivity index (χ0) is 11.9. The lowest BCUT2D eigenvalue weighted by Gasteiger charge is -2.28. The van der Waals surface area contributed by atoms with Gasteiger partial charge in [0.15, 0.2) is 11.6 Å². The first-order valence-electron chi connectivity index (χ1n) is 5.62. The molecule has 2 nitrogen and oxygen atoms in total. The lowest BCUT2D eigenvalue weighted by Crippen LogP contribution is -2.40.